The van der Waals surface area contributed by atoms with E-state index in [0.717, 1.165) is 49.7 Å². The lowest BCUT2D eigenvalue weighted by atomic mass is 9.87. The molecule has 2 nitrogen and oxygen atoms in total. The molecule has 0 radical (unpaired) electrons. The third-order valence-electron chi connectivity index (χ3n) is 6.74. The van der Waals surface area contributed by atoms with Crippen molar-refractivity contribution in [2.75, 3.05) is 0 Å². The molecule has 0 aromatic heterocycles. The molecule has 0 spiro atoms. The van der Waals surface area contributed by atoms with Crippen molar-refractivity contribution in [1.29, 1.82) is 0 Å². The first-order chi connectivity index (χ1) is 17.5. The maximum Gasteiger partial charge on any atom is 0.141 e. The first kappa shape index (κ1) is 23.3. The molecule has 0 aliphatic rings. The molecule has 0 amide bonds. The number of fused-ring (bicyclic) bond motifs is 1. The molecular formula is C34H28O2. The predicted octanol–water partition coefficient (Wildman–Crippen LogP) is 8.66. The highest BCUT2D eigenvalue weighted by Gasteiger charge is 2.17. The molecule has 5 aromatic carbocycles. The summed E-state index contributed by atoms with van der Waals surface area (Å²) < 4.78 is 0. The van der Waals surface area contributed by atoms with Crippen LogP contribution in [0.2, 0.25) is 0 Å². The van der Waals surface area contributed by atoms with Gasteiger partial charge in [-0.1, -0.05) is 109 Å². The zero-order valence-electron chi connectivity index (χ0n) is 20.5. The van der Waals surface area contributed by atoms with E-state index in [1.807, 2.05) is 66.7 Å². The largest absolute Gasteiger partial charge is 0.507 e. The van der Waals surface area contributed by atoms with Gasteiger partial charge in [0.2, 0.25) is 0 Å². The highest BCUT2D eigenvalue weighted by Crippen LogP contribution is 2.39. The number of phenolic OH excluding ortho intramolecular Hbond substituents is 1. The average Bonchev–Trinajstić information content (AvgIpc) is 2.92. The first-order valence-corrected chi connectivity index (χ1v) is 12.2. The number of phenols is 1. The lowest BCUT2D eigenvalue weighted by molar-refractivity contribution is -0.117. The third kappa shape index (κ3) is 4.58. The van der Waals surface area contributed by atoms with Crippen LogP contribution in [-0.4, -0.2) is 10.9 Å². The Hall–Kier alpha value is -4.43. The van der Waals surface area contributed by atoms with Crippen LogP contribution in [0.15, 0.2) is 121 Å². The first-order valence-electron chi connectivity index (χ1n) is 12.2. The quantitative estimate of drug-likeness (QED) is 0.271. The fourth-order valence-corrected chi connectivity index (χ4v) is 4.91. The summed E-state index contributed by atoms with van der Waals surface area (Å²) in [6.45, 7) is 3.73. The fraction of sp³-hybridized carbons (Fsp3) is 0.0882. The maximum atomic E-state index is 12.6. The van der Waals surface area contributed by atoms with E-state index in [1.165, 1.54) is 0 Å². The maximum absolute atomic E-state index is 12.6. The van der Waals surface area contributed by atoms with Gasteiger partial charge in [0.25, 0.3) is 0 Å². The van der Waals surface area contributed by atoms with Crippen molar-refractivity contribution in [1.82, 2.24) is 0 Å². The van der Waals surface area contributed by atoms with Crippen LogP contribution in [0.5, 0.6) is 5.75 Å². The topological polar surface area (TPSA) is 37.3 Å². The van der Waals surface area contributed by atoms with Crippen molar-refractivity contribution in [2.45, 2.75) is 19.8 Å². The number of carbonyl (C=O) groups is 1. The fourth-order valence-electron chi connectivity index (χ4n) is 4.91. The van der Waals surface area contributed by atoms with Gasteiger partial charge in [-0.15, -0.1) is 0 Å². The summed E-state index contributed by atoms with van der Waals surface area (Å²) in [5.41, 5.74) is 7.04. The monoisotopic (exact) mass is 468 g/mol. The molecule has 0 fully saturated rings. The summed E-state index contributed by atoms with van der Waals surface area (Å²) in [6.07, 6.45) is 2.08. The molecule has 0 bridgehead atoms. The summed E-state index contributed by atoms with van der Waals surface area (Å²) in [7, 11) is 0. The van der Waals surface area contributed by atoms with E-state index in [1.54, 1.807) is 13.0 Å². The molecule has 5 aromatic rings. The summed E-state index contributed by atoms with van der Waals surface area (Å²) >= 11 is 0. The SMILES string of the molecule is CC(=O)C(C=C(C)c1cccc2cccc(-c3ccc(O)c(-c4ccccc4)c3)c12)c1ccccc1. The van der Waals surface area contributed by atoms with Crippen LogP contribution in [0, 0.1) is 0 Å². The van der Waals surface area contributed by atoms with Gasteiger partial charge in [0.1, 0.15) is 11.5 Å². The van der Waals surface area contributed by atoms with Gasteiger partial charge < -0.3 is 5.11 Å². The number of benzene rings is 5. The number of Topliss-reactive ketones (excluding diaryl/α,β-unsaturated/α-hetero) is 1. The van der Waals surface area contributed by atoms with E-state index in [9.17, 15) is 9.90 Å². The minimum atomic E-state index is -0.299. The van der Waals surface area contributed by atoms with Crippen LogP contribution in [0.25, 0.3) is 38.6 Å². The lowest BCUT2D eigenvalue weighted by Crippen LogP contribution is -2.06. The second-order valence-electron chi connectivity index (χ2n) is 9.16. The molecule has 1 unspecified atom stereocenters. The van der Waals surface area contributed by atoms with Crippen molar-refractivity contribution >= 4 is 22.1 Å². The van der Waals surface area contributed by atoms with Crippen LogP contribution in [0.3, 0.4) is 0 Å². The Labute approximate surface area is 212 Å². The Balaban J connectivity index is 1.68. The Bertz CT molecular complexity index is 1560. The second kappa shape index (κ2) is 10.1. The zero-order valence-corrected chi connectivity index (χ0v) is 20.5. The molecule has 36 heavy (non-hydrogen) atoms. The number of aromatic hydroxyl groups is 1. The minimum Gasteiger partial charge on any atom is -0.507 e. The van der Waals surface area contributed by atoms with Crippen molar-refractivity contribution in [3.05, 3.63) is 132 Å². The number of allylic oxidation sites excluding steroid dienone is 2. The molecule has 5 rings (SSSR count). The number of rotatable bonds is 6. The number of carbonyl (C=O) groups excluding carboxylic acids is 1. The van der Waals surface area contributed by atoms with Gasteiger partial charge in [-0.05, 0) is 70.1 Å². The minimum absolute atomic E-state index is 0.118. The van der Waals surface area contributed by atoms with Crippen molar-refractivity contribution < 1.29 is 9.90 Å². The number of hydrogen-bond donors (Lipinski definition) is 1. The highest BCUT2D eigenvalue weighted by atomic mass is 16.3. The Morgan fingerprint density at radius 2 is 1.36 bits per heavy atom. The van der Waals surface area contributed by atoms with E-state index >= 15 is 0 Å². The van der Waals surface area contributed by atoms with Crippen molar-refractivity contribution in [2.24, 2.45) is 0 Å². The molecule has 1 atom stereocenters. The molecular weight excluding hydrogens is 440 g/mol. The molecule has 2 heteroatoms. The van der Waals surface area contributed by atoms with E-state index in [2.05, 4.69) is 55.5 Å². The Kier molecular flexibility index (Phi) is 6.51. The smallest absolute Gasteiger partial charge is 0.141 e. The van der Waals surface area contributed by atoms with Gasteiger partial charge in [0.05, 0.1) is 5.92 Å². The summed E-state index contributed by atoms with van der Waals surface area (Å²) in [4.78, 5) is 12.6. The third-order valence-corrected chi connectivity index (χ3v) is 6.74. The van der Waals surface area contributed by atoms with Crippen LogP contribution in [-0.2, 0) is 4.79 Å². The predicted molar refractivity (Wildman–Crippen MR) is 150 cm³/mol. The number of ketones is 1. The normalized spacial score (nSPS) is 12.4. The molecule has 0 aliphatic heterocycles. The van der Waals surface area contributed by atoms with Crippen molar-refractivity contribution in [3.8, 4) is 28.0 Å². The van der Waals surface area contributed by atoms with Crippen LogP contribution >= 0.6 is 0 Å². The van der Waals surface area contributed by atoms with Gasteiger partial charge >= 0.3 is 0 Å². The van der Waals surface area contributed by atoms with E-state index in [4.69, 9.17) is 0 Å². The molecule has 0 saturated carbocycles. The summed E-state index contributed by atoms with van der Waals surface area (Å²) in [5.74, 6) is 0.0765. The van der Waals surface area contributed by atoms with Gasteiger partial charge in [-0.2, -0.15) is 0 Å². The highest BCUT2D eigenvalue weighted by molar-refractivity contribution is 6.04. The Morgan fingerprint density at radius 1 is 0.694 bits per heavy atom. The van der Waals surface area contributed by atoms with Gasteiger partial charge in [-0.25, -0.2) is 0 Å². The molecule has 0 heterocycles. The second-order valence-corrected chi connectivity index (χ2v) is 9.16. The molecule has 0 aliphatic carbocycles. The lowest BCUT2D eigenvalue weighted by Gasteiger charge is -2.16. The molecule has 176 valence electrons. The van der Waals surface area contributed by atoms with Crippen LogP contribution < -0.4 is 0 Å². The standard InChI is InChI=1S/C34H28O2/c1-23(21-31(24(2)35)25-11-5-3-6-12-25)29-17-9-15-27-16-10-18-30(34(27)29)28-19-20-33(36)32(22-28)26-13-7-4-8-14-26/h3-22,31,36H,1-2H3. The van der Waals surface area contributed by atoms with Crippen LogP contribution in [0.1, 0.15) is 30.9 Å². The number of hydrogen-bond acceptors (Lipinski definition) is 2. The van der Waals surface area contributed by atoms with Gasteiger partial charge in [0, 0.05) is 5.56 Å². The average molecular weight is 469 g/mol. The van der Waals surface area contributed by atoms with E-state index in [-0.39, 0.29) is 17.5 Å². The zero-order chi connectivity index (χ0) is 25.1. The van der Waals surface area contributed by atoms with Gasteiger partial charge in [0.15, 0.2) is 0 Å². The van der Waals surface area contributed by atoms with Crippen molar-refractivity contribution in [3.63, 3.8) is 0 Å². The summed E-state index contributed by atoms with van der Waals surface area (Å²) in [5, 5.41) is 12.9. The van der Waals surface area contributed by atoms with Gasteiger partial charge in [-0.3, -0.25) is 4.79 Å². The van der Waals surface area contributed by atoms with Crippen LogP contribution in [0.4, 0.5) is 0 Å². The Morgan fingerprint density at radius 3 is 2.06 bits per heavy atom. The molecule has 0 saturated heterocycles. The summed E-state index contributed by atoms with van der Waals surface area (Å²) in [6, 6.07) is 38.3. The van der Waals surface area contributed by atoms with E-state index in [0.29, 0.717) is 0 Å². The molecule has 1 N–H and O–H groups in total. The van der Waals surface area contributed by atoms with E-state index < -0.39 is 0 Å².